The van der Waals surface area contributed by atoms with Crippen molar-refractivity contribution in [1.29, 1.82) is 0 Å². The van der Waals surface area contributed by atoms with Crippen LogP contribution >= 0.6 is 0 Å². The minimum atomic E-state index is -0.406. The largest absolute Gasteiger partial charge is 0.422 e. The molecule has 0 spiro atoms. The zero-order valence-corrected chi connectivity index (χ0v) is 25.6. The molecule has 0 aliphatic carbocycles. The molecule has 4 nitrogen and oxygen atoms in total. The van der Waals surface area contributed by atoms with E-state index in [1.54, 1.807) is 48.5 Å². The summed E-state index contributed by atoms with van der Waals surface area (Å²) in [5.74, 6) is 0. The molecule has 1 aromatic heterocycles. The summed E-state index contributed by atoms with van der Waals surface area (Å²) in [7, 11) is 0. The fourth-order valence-corrected chi connectivity index (χ4v) is 2.26. The van der Waals surface area contributed by atoms with Gasteiger partial charge in [0.1, 0.15) is 5.58 Å². The normalized spacial score (nSPS) is 10.0. The Morgan fingerprint density at radius 3 is 2.04 bits per heavy atom. The number of fused-ring (bicyclic) bond motifs is 1. The van der Waals surface area contributed by atoms with Crippen LogP contribution in [-0.4, -0.2) is 10.2 Å². The molecule has 3 rings (SSSR count). The van der Waals surface area contributed by atoms with Gasteiger partial charge in [0.05, 0.1) is 18.8 Å². The molecular formula is C17H14O4Sg2. The van der Waals surface area contributed by atoms with E-state index in [1.165, 1.54) is 0 Å². The fraction of sp³-hybridized carbons (Fsp3) is 0.118. The van der Waals surface area contributed by atoms with Crippen molar-refractivity contribution in [2.75, 3.05) is 0 Å². The van der Waals surface area contributed by atoms with Gasteiger partial charge in [0.2, 0.25) is 0 Å². The Balaban J connectivity index is 0.00000132. The molecule has 3 aromatic rings. The summed E-state index contributed by atoms with van der Waals surface area (Å²) >= 11 is 0. The summed E-state index contributed by atoms with van der Waals surface area (Å²) < 4.78 is 5.32. The van der Waals surface area contributed by atoms with Crippen molar-refractivity contribution in [2.45, 2.75) is 13.2 Å². The van der Waals surface area contributed by atoms with Gasteiger partial charge in [-0.05, 0) is 34.9 Å². The van der Waals surface area contributed by atoms with Gasteiger partial charge in [-0.1, -0.05) is 30.3 Å². The maximum absolute atomic E-state index is 12.1. The maximum Gasteiger partial charge on any atom is 0.344 e. The minimum Gasteiger partial charge on any atom is -0.422 e. The average molecular weight is 820 g/mol. The molecule has 0 saturated heterocycles. The smallest absolute Gasteiger partial charge is 0.344 e. The third kappa shape index (κ3) is 2.86. The van der Waals surface area contributed by atoms with E-state index in [0.29, 0.717) is 11.1 Å². The van der Waals surface area contributed by atoms with Crippen molar-refractivity contribution in [2.24, 2.45) is 0 Å². The van der Waals surface area contributed by atoms with E-state index in [4.69, 9.17) is 9.52 Å². The zero-order chi connectivity index (χ0) is 14.8. The van der Waals surface area contributed by atoms with Crippen molar-refractivity contribution in [3.63, 3.8) is 0 Å². The van der Waals surface area contributed by atoms with Crippen LogP contribution in [-0.2, 0) is 13.2 Å². The van der Waals surface area contributed by atoms with Crippen LogP contribution in [0.5, 0.6) is 0 Å². The van der Waals surface area contributed by atoms with Crippen LogP contribution in [0, 0.1) is 0 Å². The molecule has 0 aliphatic heterocycles. The number of hydrogen-bond acceptors (Lipinski definition) is 4. The average Bonchev–Trinajstić information content (AvgIpc) is 2.54. The van der Waals surface area contributed by atoms with Gasteiger partial charge in [0.25, 0.3) is 0 Å². The first-order chi connectivity index (χ1) is 10.2. The Hall–Kier alpha value is -4.43. The predicted molar refractivity (Wildman–Crippen MR) is 79.8 cm³/mol. The van der Waals surface area contributed by atoms with Crippen molar-refractivity contribution >= 4 is 11.0 Å². The van der Waals surface area contributed by atoms with Crippen molar-refractivity contribution in [3.8, 4) is 11.1 Å². The Labute approximate surface area is 120 Å². The number of aliphatic hydroxyl groups is 2. The van der Waals surface area contributed by atoms with Gasteiger partial charge in [-0.15, -0.1) is 0 Å². The SMILES string of the molecule is O=c1oc2ccc(CO)cc2cc1-c1ccc(CO)cc1.[Sg].[Sg]. The quantitative estimate of drug-likeness (QED) is 0.399. The Bertz CT molecular complexity index is 841. The van der Waals surface area contributed by atoms with E-state index in [0.717, 1.165) is 22.1 Å². The molecule has 2 N–H and O–H groups in total. The fourth-order valence-electron chi connectivity index (χ4n) is 2.26. The summed E-state index contributed by atoms with van der Waals surface area (Å²) in [5.41, 5.74) is 2.83. The molecule has 2 aromatic carbocycles. The van der Waals surface area contributed by atoms with Gasteiger partial charge in [-0.25, -0.2) is 4.79 Å². The summed E-state index contributed by atoms with van der Waals surface area (Å²) in [6.45, 7) is -0.0952. The van der Waals surface area contributed by atoms with Gasteiger partial charge < -0.3 is 14.6 Å². The third-order valence-corrected chi connectivity index (χ3v) is 3.43. The van der Waals surface area contributed by atoms with Crippen LogP contribution in [0.15, 0.2) is 57.7 Å². The molecule has 0 fully saturated rings. The second-order valence-corrected chi connectivity index (χ2v) is 4.83. The molecule has 0 aliphatic rings. The third-order valence-electron chi connectivity index (χ3n) is 3.43. The Morgan fingerprint density at radius 1 is 0.826 bits per heavy atom. The number of aliphatic hydroxyl groups excluding tert-OH is 2. The predicted octanol–water partition coefficient (Wildman–Crippen LogP) is 2.44. The van der Waals surface area contributed by atoms with Crippen LogP contribution in [0.25, 0.3) is 22.1 Å². The van der Waals surface area contributed by atoms with Gasteiger partial charge in [0, 0.05) is 5.39 Å². The van der Waals surface area contributed by atoms with Gasteiger partial charge in [-0.3, -0.25) is 0 Å². The summed E-state index contributed by atoms with van der Waals surface area (Å²) in [5, 5.41) is 19.0. The van der Waals surface area contributed by atoms with E-state index < -0.39 is 5.63 Å². The molecule has 6 heteroatoms. The van der Waals surface area contributed by atoms with Crippen LogP contribution in [0.1, 0.15) is 11.1 Å². The van der Waals surface area contributed by atoms with Crippen LogP contribution in [0.3, 0.4) is 0 Å². The van der Waals surface area contributed by atoms with Gasteiger partial charge in [0.15, 0.2) is 0 Å². The van der Waals surface area contributed by atoms with Crippen LogP contribution in [0.2, 0.25) is 0 Å². The van der Waals surface area contributed by atoms with Crippen molar-refractivity contribution in [3.05, 3.63) is 70.1 Å². The molecule has 1 heterocycles. The first kappa shape index (κ1) is 16.6. The monoisotopic (exact) mass is 824 g/mol. The van der Waals surface area contributed by atoms with E-state index in [-0.39, 0.29) is 13.2 Å². The van der Waals surface area contributed by atoms with E-state index >= 15 is 0 Å². The van der Waals surface area contributed by atoms with E-state index in [1.807, 2.05) is 0 Å². The first-order valence-corrected chi connectivity index (χ1v) is 6.59. The van der Waals surface area contributed by atoms with Crippen molar-refractivity contribution < 1.29 is 14.6 Å². The first-order valence-electron chi connectivity index (χ1n) is 6.59. The molecule has 0 bridgehead atoms. The number of benzene rings is 2. The number of hydrogen-bond donors (Lipinski definition) is 2. The zero-order valence-electron chi connectivity index (χ0n) is 12.7. The van der Waals surface area contributed by atoms with E-state index in [9.17, 15) is 9.90 Å². The Kier molecular flexibility index (Phi) is 4.59. The second kappa shape index (κ2) is 6.35. The molecule has 0 unspecified atom stereocenters. The Morgan fingerprint density at radius 2 is 1.43 bits per heavy atom. The van der Waals surface area contributed by atoms with E-state index in [2.05, 4.69) is 0 Å². The second-order valence-electron chi connectivity index (χ2n) is 4.83. The van der Waals surface area contributed by atoms with Gasteiger partial charge in [-0.2, -0.15) is 0 Å². The van der Waals surface area contributed by atoms with Crippen LogP contribution in [0.4, 0.5) is 0 Å². The minimum absolute atomic E-state index is 0. The summed E-state index contributed by atoms with van der Waals surface area (Å²) in [4.78, 5) is 12.1. The molecule has 0 atom stereocenters. The molecule has 110 valence electrons. The number of rotatable bonds is 3. The molecule has 0 amide bonds. The van der Waals surface area contributed by atoms with Crippen molar-refractivity contribution in [1.82, 2.24) is 0 Å². The summed E-state index contributed by atoms with van der Waals surface area (Å²) in [6.07, 6.45) is 0. The standard InChI is InChI=1S/C17H14O4.2Sg/c18-9-11-1-4-13(5-2-11)15-8-14-7-12(10-19)3-6-16(14)21-17(15)20;;/h1-8,18-19H,9-10H2;;. The topological polar surface area (TPSA) is 70.7 Å². The molecule has 23 heavy (non-hydrogen) atoms. The molecule has 0 radical (unpaired) electrons. The molecule has 0 saturated carbocycles. The maximum atomic E-state index is 12.1. The molecular weight excluding hydrogens is 806 g/mol. The van der Waals surface area contributed by atoms with Gasteiger partial charge >= 0.3 is 5.63 Å². The van der Waals surface area contributed by atoms with Crippen LogP contribution < -0.4 is 5.63 Å². The summed E-state index contributed by atoms with van der Waals surface area (Å²) in [6, 6.07) is 14.0.